The summed E-state index contributed by atoms with van der Waals surface area (Å²) in [6.45, 7) is 2.50. The molecule has 0 spiro atoms. The van der Waals surface area contributed by atoms with Crippen molar-refractivity contribution in [3.63, 3.8) is 0 Å². The average molecular weight is 211 g/mol. The van der Waals surface area contributed by atoms with Crippen molar-refractivity contribution in [2.75, 3.05) is 6.54 Å². The smallest absolute Gasteiger partial charge is 0.137 e. The second-order valence-electron chi connectivity index (χ2n) is 3.44. The molecular formula is C11H17NOS. The molecule has 2 nitrogen and oxygen atoms in total. The van der Waals surface area contributed by atoms with Crippen LogP contribution in [0.5, 0.6) is 0 Å². The van der Waals surface area contributed by atoms with Crippen molar-refractivity contribution >= 4 is 17.1 Å². The molecule has 1 heterocycles. The summed E-state index contributed by atoms with van der Waals surface area (Å²) >= 11 is 1.68. The summed E-state index contributed by atoms with van der Waals surface area (Å²) in [7, 11) is 0. The van der Waals surface area contributed by atoms with Gasteiger partial charge in [0, 0.05) is 18.9 Å². The molecular weight excluding hydrogens is 194 g/mol. The lowest BCUT2D eigenvalue weighted by Crippen LogP contribution is -2.23. The highest BCUT2D eigenvalue weighted by atomic mass is 32.1. The molecule has 0 bridgehead atoms. The van der Waals surface area contributed by atoms with Gasteiger partial charge in [0.1, 0.15) is 5.78 Å². The lowest BCUT2D eigenvalue weighted by molar-refractivity contribution is -0.122. The number of ketones is 1. The van der Waals surface area contributed by atoms with Gasteiger partial charge in [-0.2, -0.15) is 11.3 Å². The largest absolute Gasteiger partial charge is 0.330 e. The van der Waals surface area contributed by atoms with Crippen molar-refractivity contribution in [1.82, 2.24) is 0 Å². The molecule has 1 atom stereocenters. The van der Waals surface area contributed by atoms with E-state index in [4.69, 9.17) is 5.73 Å². The topological polar surface area (TPSA) is 43.1 Å². The predicted octanol–water partition coefficient (Wildman–Crippen LogP) is 2.23. The maximum Gasteiger partial charge on any atom is 0.137 e. The minimum atomic E-state index is 0.0636. The quantitative estimate of drug-likeness (QED) is 0.784. The van der Waals surface area contributed by atoms with Crippen molar-refractivity contribution in [3.05, 3.63) is 22.4 Å². The van der Waals surface area contributed by atoms with Gasteiger partial charge in [0.25, 0.3) is 0 Å². The zero-order chi connectivity index (χ0) is 10.4. The number of rotatable bonds is 6. The fourth-order valence-corrected chi connectivity index (χ4v) is 2.14. The summed E-state index contributed by atoms with van der Waals surface area (Å²) in [5.74, 6) is 0.370. The number of nitrogens with two attached hydrogens (primary N) is 1. The Morgan fingerprint density at radius 1 is 1.64 bits per heavy atom. The number of hydrogen-bond donors (Lipinski definition) is 1. The highest BCUT2D eigenvalue weighted by Gasteiger charge is 2.13. The van der Waals surface area contributed by atoms with Crippen molar-refractivity contribution in [2.24, 2.45) is 11.7 Å². The Labute approximate surface area is 89.1 Å². The highest BCUT2D eigenvalue weighted by Crippen LogP contribution is 2.11. The molecule has 0 radical (unpaired) electrons. The van der Waals surface area contributed by atoms with Crippen molar-refractivity contribution < 1.29 is 4.79 Å². The molecule has 1 unspecified atom stereocenters. The van der Waals surface area contributed by atoms with Crippen LogP contribution in [0.1, 0.15) is 25.3 Å². The van der Waals surface area contributed by atoms with Gasteiger partial charge in [0.05, 0.1) is 0 Å². The van der Waals surface area contributed by atoms with Gasteiger partial charge in [-0.15, -0.1) is 0 Å². The molecule has 1 rings (SSSR count). The minimum Gasteiger partial charge on any atom is -0.330 e. The molecule has 3 heteroatoms. The summed E-state index contributed by atoms with van der Waals surface area (Å²) < 4.78 is 0. The van der Waals surface area contributed by atoms with E-state index in [0.29, 0.717) is 18.7 Å². The van der Waals surface area contributed by atoms with Crippen molar-refractivity contribution in [3.8, 4) is 0 Å². The van der Waals surface area contributed by atoms with Gasteiger partial charge in [-0.3, -0.25) is 4.79 Å². The Kier molecular flexibility index (Phi) is 4.84. The molecule has 0 saturated carbocycles. The first kappa shape index (κ1) is 11.4. The Bertz CT molecular complexity index is 265. The van der Waals surface area contributed by atoms with E-state index in [1.807, 2.05) is 12.3 Å². The van der Waals surface area contributed by atoms with Crippen LogP contribution in [-0.4, -0.2) is 12.3 Å². The van der Waals surface area contributed by atoms with Crippen LogP contribution in [-0.2, 0) is 11.2 Å². The van der Waals surface area contributed by atoms with Crippen LogP contribution in [0.3, 0.4) is 0 Å². The third kappa shape index (κ3) is 3.24. The monoisotopic (exact) mass is 211 g/mol. The van der Waals surface area contributed by atoms with Crippen LogP contribution in [0, 0.1) is 5.92 Å². The van der Waals surface area contributed by atoms with Crippen LogP contribution in [0.25, 0.3) is 0 Å². The van der Waals surface area contributed by atoms with E-state index >= 15 is 0 Å². The van der Waals surface area contributed by atoms with Gasteiger partial charge in [0.2, 0.25) is 0 Å². The molecule has 0 aliphatic heterocycles. The minimum absolute atomic E-state index is 0.0636. The molecule has 0 saturated heterocycles. The van der Waals surface area contributed by atoms with Crippen LogP contribution in [0.15, 0.2) is 16.8 Å². The number of Topliss-reactive ketones (excluding diaryl/α,β-unsaturated/α-hetero) is 1. The average Bonchev–Trinajstić information content (AvgIpc) is 2.69. The summed E-state index contributed by atoms with van der Waals surface area (Å²) in [6.07, 6.45) is 2.35. The second-order valence-corrected chi connectivity index (χ2v) is 4.22. The van der Waals surface area contributed by atoms with Crippen molar-refractivity contribution in [2.45, 2.75) is 26.2 Å². The van der Waals surface area contributed by atoms with E-state index < -0.39 is 0 Å². The van der Waals surface area contributed by atoms with Gasteiger partial charge in [-0.05, 0) is 35.2 Å². The second kappa shape index (κ2) is 5.94. The number of carbonyl (C=O) groups is 1. The first-order valence-electron chi connectivity index (χ1n) is 5.01. The van der Waals surface area contributed by atoms with Gasteiger partial charge in [-0.25, -0.2) is 0 Å². The first-order valence-corrected chi connectivity index (χ1v) is 5.96. The maximum atomic E-state index is 11.6. The first-order chi connectivity index (χ1) is 6.77. The summed E-state index contributed by atoms with van der Waals surface area (Å²) in [6, 6.07) is 2.07. The van der Waals surface area contributed by atoms with E-state index in [-0.39, 0.29) is 5.92 Å². The molecule has 1 aromatic rings. The van der Waals surface area contributed by atoms with Gasteiger partial charge in [0.15, 0.2) is 0 Å². The van der Waals surface area contributed by atoms with E-state index in [1.54, 1.807) is 11.3 Å². The molecule has 0 fully saturated rings. The zero-order valence-electron chi connectivity index (χ0n) is 8.53. The van der Waals surface area contributed by atoms with Crippen LogP contribution in [0.2, 0.25) is 0 Å². The Morgan fingerprint density at radius 3 is 2.93 bits per heavy atom. The predicted molar refractivity (Wildman–Crippen MR) is 60.5 cm³/mol. The van der Waals surface area contributed by atoms with Crippen molar-refractivity contribution in [1.29, 1.82) is 0 Å². The number of hydrogen-bond acceptors (Lipinski definition) is 3. The fourth-order valence-electron chi connectivity index (χ4n) is 1.43. The van der Waals surface area contributed by atoms with Gasteiger partial charge < -0.3 is 5.73 Å². The normalized spacial score (nSPS) is 12.7. The van der Waals surface area contributed by atoms with Gasteiger partial charge >= 0.3 is 0 Å². The third-order valence-corrected chi connectivity index (χ3v) is 3.20. The molecule has 14 heavy (non-hydrogen) atoms. The number of thiophene rings is 1. The van der Waals surface area contributed by atoms with Crippen LogP contribution < -0.4 is 5.73 Å². The third-order valence-electron chi connectivity index (χ3n) is 2.47. The molecule has 0 aromatic carbocycles. The molecule has 0 aliphatic rings. The van der Waals surface area contributed by atoms with E-state index in [1.165, 1.54) is 5.56 Å². The molecule has 1 aromatic heterocycles. The molecule has 0 amide bonds. The van der Waals surface area contributed by atoms with Crippen LogP contribution in [0.4, 0.5) is 0 Å². The van der Waals surface area contributed by atoms with E-state index in [9.17, 15) is 4.79 Å². The van der Waals surface area contributed by atoms with E-state index in [2.05, 4.69) is 11.4 Å². The van der Waals surface area contributed by atoms with E-state index in [0.717, 1.165) is 12.8 Å². The summed E-state index contributed by atoms with van der Waals surface area (Å²) in [5.41, 5.74) is 6.77. The zero-order valence-corrected chi connectivity index (χ0v) is 9.35. The van der Waals surface area contributed by atoms with Crippen LogP contribution >= 0.6 is 11.3 Å². The summed E-state index contributed by atoms with van der Waals surface area (Å²) in [5, 5.41) is 4.14. The molecule has 2 N–H and O–H groups in total. The lowest BCUT2D eigenvalue weighted by Gasteiger charge is -2.09. The Balaban J connectivity index is 2.34. The Hall–Kier alpha value is -0.670. The summed E-state index contributed by atoms with van der Waals surface area (Å²) in [4.78, 5) is 11.6. The molecule has 0 aliphatic carbocycles. The fraction of sp³-hybridized carbons (Fsp3) is 0.545. The van der Waals surface area contributed by atoms with Gasteiger partial charge in [-0.1, -0.05) is 6.92 Å². The SMILES string of the molecule is CCC(CN)C(=O)CCc1ccsc1. The number of carbonyl (C=O) groups excluding carboxylic acids is 1. The molecule has 78 valence electrons. The lowest BCUT2D eigenvalue weighted by atomic mass is 9.97. The standard InChI is InChI=1S/C11H17NOS/c1-2-10(7-12)11(13)4-3-9-5-6-14-8-9/h5-6,8,10H,2-4,7,12H2,1H3. The Morgan fingerprint density at radius 2 is 2.43 bits per heavy atom. The number of aryl methyl sites for hydroxylation is 1. The maximum absolute atomic E-state index is 11.6. The highest BCUT2D eigenvalue weighted by molar-refractivity contribution is 7.07.